The largest absolute Gasteiger partial charge is 0.312 e. The van der Waals surface area contributed by atoms with Gasteiger partial charge < -0.3 is 4.90 Å². The summed E-state index contributed by atoms with van der Waals surface area (Å²) in [5.41, 5.74) is 5.32. The minimum absolute atomic E-state index is 0.0140. The van der Waals surface area contributed by atoms with Crippen LogP contribution in [0.3, 0.4) is 0 Å². The molecule has 1 aromatic carbocycles. The molecule has 0 aliphatic carbocycles. The van der Waals surface area contributed by atoms with Gasteiger partial charge >= 0.3 is 0 Å². The van der Waals surface area contributed by atoms with Gasteiger partial charge in [-0.3, -0.25) is 9.59 Å². The van der Waals surface area contributed by atoms with E-state index < -0.39 is 0 Å². The number of rotatable bonds is 7. The van der Waals surface area contributed by atoms with Gasteiger partial charge in [-0.1, -0.05) is 11.8 Å². The number of carbonyl (C=O) groups is 2. The second-order valence-electron chi connectivity index (χ2n) is 8.06. The van der Waals surface area contributed by atoms with Crippen molar-refractivity contribution in [2.24, 2.45) is 0 Å². The average molecular weight is 507 g/mol. The number of hydrogen-bond acceptors (Lipinski definition) is 8. The van der Waals surface area contributed by atoms with Gasteiger partial charge in [0.15, 0.2) is 5.78 Å². The number of benzene rings is 1. The molecule has 0 unspecified atom stereocenters. The smallest absolute Gasteiger partial charge is 0.227 e. The zero-order valence-corrected chi connectivity index (χ0v) is 21.2. The third kappa shape index (κ3) is 4.55. The van der Waals surface area contributed by atoms with Crippen molar-refractivity contribution < 1.29 is 9.59 Å². The Morgan fingerprint density at radius 1 is 0.971 bits per heavy atom. The van der Waals surface area contributed by atoms with Gasteiger partial charge in [0.1, 0.15) is 11.4 Å². The van der Waals surface area contributed by atoms with E-state index in [2.05, 4.69) is 36.2 Å². The lowest BCUT2D eigenvalue weighted by molar-refractivity contribution is -0.117. The number of ketones is 1. The summed E-state index contributed by atoms with van der Waals surface area (Å²) in [5, 5.41) is 13.4. The number of Topliss-reactive ketones (excluding diaryl/α,β-unsaturated/α-hetero) is 1. The van der Waals surface area contributed by atoms with Gasteiger partial charge in [0, 0.05) is 24.2 Å². The van der Waals surface area contributed by atoms with Crippen LogP contribution in [0.1, 0.15) is 34.3 Å². The molecule has 6 nitrogen and oxygen atoms in total. The van der Waals surface area contributed by atoms with Crippen molar-refractivity contribution in [3.63, 3.8) is 0 Å². The van der Waals surface area contributed by atoms with Crippen LogP contribution in [0.5, 0.6) is 0 Å². The normalized spacial score (nSPS) is 13.6. The molecule has 9 heteroatoms. The third-order valence-corrected chi connectivity index (χ3v) is 8.61. The fraction of sp³-hybridized carbons (Fsp3) is 0.240. The Morgan fingerprint density at radius 2 is 1.65 bits per heavy atom. The zero-order chi connectivity index (χ0) is 23.7. The first-order chi connectivity index (χ1) is 16.5. The average Bonchev–Trinajstić information content (AvgIpc) is 3.59. The summed E-state index contributed by atoms with van der Waals surface area (Å²) in [5.74, 6) is 0.335. The van der Waals surface area contributed by atoms with Gasteiger partial charge in [-0.05, 0) is 78.6 Å². The second kappa shape index (κ2) is 9.77. The Labute approximate surface area is 210 Å². The summed E-state index contributed by atoms with van der Waals surface area (Å²) in [4.78, 5) is 33.5. The molecule has 3 aromatic heterocycles. The first kappa shape index (κ1) is 22.9. The molecule has 0 bridgehead atoms. The van der Waals surface area contributed by atoms with Crippen molar-refractivity contribution in [2.45, 2.75) is 31.8 Å². The van der Waals surface area contributed by atoms with E-state index in [-0.39, 0.29) is 17.4 Å². The second-order valence-corrected chi connectivity index (χ2v) is 10.8. The number of amides is 1. The minimum atomic E-state index is -0.0140. The van der Waals surface area contributed by atoms with Crippen LogP contribution in [0.15, 0.2) is 52.3 Å². The van der Waals surface area contributed by atoms with Crippen molar-refractivity contribution in [1.82, 2.24) is 15.2 Å². The summed E-state index contributed by atoms with van der Waals surface area (Å²) >= 11 is 4.55. The molecule has 172 valence electrons. The van der Waals surface area contributed by atoms with E-state index in [0.717, 1.165) is 50.9 Å². The van der Waals surface area contributed by atoms with Crippen molar-refractivity contribution >= 4 is 51.8 Å². The maximum atomic E-state index is 12.8. The molecule has 34 heavy (non-hydrogen) atoms. The van der Waals surface area contributed by atoms with Crippen LogP contribution in [0.2, 0.25) is 0 Å². The van der Waals surface area contributed by atoms with Gasteiger partial charge in [0.05, 0.1) is 15.5 Å². The molecule has 4 aromatic rings. The van der Waals surface area contributed by atoms with Crippen LogP contribution in [-0.2, 0) is 4.79 Å². The van der Waals surface area contributed by atoms with E-state index in [0.29, 0.717) is 17.1 Å². The molecule has 1 amide bonds. The lowest BCUT2D eigenvalue weighted by atomic mass is 10.1. The third-order valence-electron chi connectivity index (χ3n) is 5.73. The van der Waals surface area contributed by atoms with E-state index >= 15 is 0 Å². The number of anilines is 1. The molecule has 0 N–H and O–H groups in total. The molecule has 4 heterocycles. The van der Waals surface area contributed by atoms with E-state index in [1.807, 2.05) is 22.9 Å². The maximum Gasteiger partial charge on any atom is 0.227 e. The lowest BCUT2D eigenvalue weighted by Gasteiger charge is -2.15. The van der Waals surface area contributed by atoms with Crippen LogP contribution in [0.25, 0.3) is 21.1 Å². The molecule has 0 spiro atoms. The van der Waals surface area contributed by atoms with E-state index in [1.165, 1.54) is 11.8 Å². The minimum Gasteiger partial charge on any atom is -0.312 e. The highest BCUT2D eigenvalue weighted by Crippen LogP contribution is 2.38. The summed E-state index contributed by atoms with van der Waals surface area (Å²) in [6.07, 6.45) is 1.46. The number of thiophene rings is 2. The number of carbonyl (C=O) groups excluding carboxylic acids is 2. The molecule has 5 rings (SSSR count). The number of aromatic nitrogens is 3. The van der Waals surface area contributed by atoms with Crippen molar-refractivity contribution in [3.05, 3.63) is 63.8 Å². The van der Waals surface area contributed by atoms with Gasteiger partial charge in [-0.25, -0.2) is 4.98 Å². The highest BCUT2D eigenvalue weighted by atomic mass is 32.2. The molecule has 1 saturated heterocycles. The highest BCUT2D eigenvalue weighted by molar-refractivity contribution is 7.99. The van der Waals surface area contributed by atoms with Crippen LogP contribution >= 0.6 is 34.4 Å². The van der Waals surface area contributed by atoms with Gasteiger partial charge in [-0.15, -0.1) is 32.9 Å². The first-order valence-electron chi connectivity index (χ1n) is 10.9. The van der Waals surface area contributed by atoms with E-state index in [4.69, 9.17) is 4.98 Å². The summed E-state index contributed by atoms with van der Waals surface area (Å²) in [7, 11) is 0. The number of aryl methyl sites for hydroxylation is 2. The molecule has 0 radical (unpaired) electrons. The standard InChI is InChI=1S/C25H22N4O2S3/c1-15-9-12-32-23(15)21-22(24-16(2)10-13-33-24)27-28-25(26-21)34-14-19(30)17-5-7-18(8-6-17)29-11-3-4-20(29)31/h5-10,12-13H,3-4,11,14H2,1-2H3. The fourth-order valence-electron chi connectivity index (χ4n) is 3.88. The quantitative estimate of drug-likeness (QED) is 0.224. The van der Waals surface area contributed by atoms with Crippen LogP contribution < -0.4 is 4.90 Å². The fourth-order valence-corrected chi connectivity index (χ4v) is 6.38. The predicted octanol–water partition coefficient (Wildman–Crippen LogP) is 6.05. The molecule has 1 aliphatic rings. The predicted molar refractivity (Wildman–Crippen MR) is 139 cm³/mol. The van der Waals surface area contributed by atoms with Crippen molar-refractivity contribution in [3.8, 4) is 21.1 Å². The summed E-state index contributed by atoms with van der Waals surface area (Å²) < 4.78 is 0. The van der Waals surface area contributed by atoms with Gasteiger partial charge in [0.2, 0.25) is 11.1 Å². The Kier molecular flexibility index (Phi) is 6.58. The summed E-state index contributed by atoms with van der Waals surface area (Å²) in [6.45, 7) is 4.86. The molecule has 0 saturated carbocycles. The SMILES string of the molecule is Cc1ccsc1-c1nnc(SCC(=O)c2ccc(N3CCCC3=O)cc2)nc1-c1sccc1C. The Hall–Kier alpha value is -2.88. The maximum absolute atomic E-state index is 12.8. The summed E-state index contributed by atoms with van der Waals surface area (Å²) in [6, 6.07) is 11.4. The topological polar surface area (TPSA) is 76.1 Å². The van der Waals surface area contributed by atoms with Crippen LogP contribution in [0.4, 0.5) is 5.69 Å². The van der Waals surface area contributed by atoms with Gasteiger partial charge in [-0.2, -0.15) is 0 Å². The van der Waals surface area contributed by atoms with Gasteiger partial charge in [0.25, 0.3) is 0 Å². The molecular weight excluding hydrogens is 485 g/mol. The van der Waals surface area contributed by atoms with E-state index in [9.17, 15) is 9.59 Å². The van der Waals surface area contributed by atoms with Crippen molar-refractivity contribution in [2.75, 3.05) is 17.2 Å². The Morgan fingerprint density at radius 3 is 2.24 bits per heavy atom. The molecule has 1 fully saturated rings. The molecular formula is C25H22N4O2S3. The van der Waals surface area contributed by atoms with Crippen LogP contribution in [-0.4, -0.2) is 39.2 Å². The first-order valence-corrected chi connectivity index (χ1v) is 13.7. The zero-order valence-electron chi connectivity index (χ0n) is 18.8. The van der Waals surface area contributed by atoms with Crippen LogP contribution in [0, 0.1) is 13.8 Å². The lowest BCUT2D eigenvalue weighted by Crippen LogP contribution is -2.23. The number of thioether (sulfide) groups is 1. The Balaban J connectivity index is 1.35. The number of hydrogen-bond donors (Lipinski definition) is 0. The molecule has 1 aliphatic heterocycles. The Bertz CT molecular complexity index is 1360. The highest BCUT2D eigenvalue weighted by Gasteiger charge is 2.22. The molecule has 0 atom stereocenters. The monoisotopic (exact) mass is 506 g/mol. The van der Waals surface area contributed by atoms with E-state index in [1.54, 1.807) is 39.7 Å². The van der Waals surface area contributed by atoms with Crippen molar-refractivity contribution in [1.29, 1.82) is 0 Å². The number of nitrogens with zero attached hydrogens (tertiary/aromatic N) is 4.